The Morgan fingerprint density at radius 3 is 2.69 bits per heavy atom. The van der Waals surface area contributed by atoms with Gasteiger partial charge >= 0.3 is 0 Å². The fourth-order valence-electron chi connectivity index (χ4n) is 5.68. The zero-order chi connectivity index (χ0) is 24.8. The third-order valence-electron chi connectivity index (χ3n) is 7.57. The van der Waals surface area contributed by atoms with Crippen LogP contribution < -0.4 is 4.90 Å². The summed E-state index contributed by atoms with van der Waals surface area (Å²) in [7, 11) is 0. The molecular formula is C28H27FN4O2S. The highest BCUT2D eigenvalue weighted by atomic mass is 32.1. The summed E-state index contributed by atoms with van der Waals surface area (Å²) < 4.78 is 13.4. The Balaban J connectivity index is 1.13. The number of nitrogens with zero attached hydrogens (tertiary/aromatic N) is 4. The Morgan fingerprint density at radius 1 is 1.11 bits per heavy atom. The van der Waals surface area contributed by atoms with E-state index in [-0.39, 0.29) is 35.6 Å². The van der Waals surface area contributed by atoms with Crippen molar-refractivity contribution in [1.82, 2.24) is 14.8 Å². The highest BCUT2D eigenvalue weighted by Crippen LogP contribution is 2.38. The molecule has 36 heavy (non-hydrogen) atoms. The maximum atomic E-state index is 13.4. The van der Waals surface area contributed by atoms with Crippen LogP contribution in [-0.2, 0) is 4.79 Å². The zero-order valence-corrected chi connectivity index (χ0v) is 20.8. The first-order valence-corrected chi connectivity index (χ1v) is 13.2. The predicted octanol–water partition coefficient (Wildman–Crippen LogP) is 4.39. The third kappa shape index (κ3) is 4.14. The molecular weight excluding hydrogens is 475 g/mol. The van der Waals surface area contributed by atoms with Crippen LogP contribution in [0.5, 0.6) is 0 Å². The number of amides is 2. The van der Waals surface area contributed by atoms with Crippen LogP contribution in [0, 0.1) is 5.82 Å². The van der Waals surface area contributed by atoms with Crippen molar-refractivity contribution in [2.75, 3.05) is 31.1 Å². The van der Waals surface area contributed by atoms with Crippen LogP contribution in [-0.4, -0.2) is 64.9 Å². The lowest BCUT2D eigenvalue weighted by Gasteiger charge is -2.41. The Labute approximate surface area is 213 Å². The van der Waals surface area contributed by atoms with Crippen LogP contribution in [0.15, 0.2) is 60.1 Å². The fourth-order valence-corrected chi connectivity index (χ4v) is 6.27. The summed E-state index contributed by atoms with van der Waals surface area (Å²) in [6.07, 6.45) is 6.36. The fraction of sp³-hybridized carbons (Fsp3) is 0.321. The summed E-state index contributed by atoms with van der Waals surface area (Å²) in [5.74, 6) is -0.0146. The normalized spacial score (nSPS) is 23.9. The van der Waals surface area contributed by atoms with Crippen LogP contribution in [0.25, 0.3) is 6.08 Å². The topological polar surface area (TPSA) is 56.8 Å². The third-order valence-corrected chi connectivity index (χ3v) is 8.33. The number of carbonyl (C=O) groups excluding carboxylic acids is 2. The molecule has 0 saturated carbocycles. The molecule has 0 bridgehead atoms. The lowest BCUT2D eigenvalue weighted by molar-refractivity contribution is -0.117. The van der Waals surface area contributed by atoms with Gasteiger partial charge in [-0.25, -0.2) is 9.37 Å². The molecule has 6 nitrogen and oxygen atoms in total. The van der Waals surface area contributed by atoms with Gasteiger partial charge in [-0.05, 0) is 47.9 Å². The van der Waals surface area contributed by atoms with Gasteiger partial charge in [0, 0.05) is 67.9 Å². The Hall–Kier alpha value is -3.36. The van der Waals surface area contributed by atoms with E-state index in [0.717, 1.165) is 29.9 Å². The van der Waals surface area contributed by atoms with E-state index in [0.29, 0.717) is 24.5 Å². The Kier molecular flexibility index (Phi) is 5.93. The Bertz CT molecular complexity index is 1320. The summed E-state index contributed by atoms with van der Waals surface area (Å²) in [5.41, 5.74) is 4.23. The van der Waals surface area contributed by atoms with Gasteiger partial charge in [-0.2, -0.15) is 0 Å². The molecule has 3 aromatic rings. The first-order chi connectivity index (χ1) is 17.5. The minimum atomic E-state index is -0.236. The molecule has 2 saturated heterocycles. The van der Waals surface area contributed by atoms with Crippen LogP contribution in [0.4, 0.5) is 10.1 Å². The summed E-state index contributed by atoms with van der Waals surface area (Å²) in [6.45, 7) is 4.85. The number of rotatable bonds is 4. The molecule has 8 heteroatoms. The smallest absolute Gasteiger partial charge is 0.283 e. The molecule has 2 unspecified atom stereocenters. The number of carbonyl (C=O) groups is 2. The summed E-state index contributed by atoms with van der Waals surface area (Å²) in [5, 5.41) is 2.36. The van der Waals surface area contributed by atoms with Gasteiger partial charge < -0.3 is 9.80 Å². The van der Waals surface area contributed by atoms with Gasteiger partial charge in [0.05, 0.1) is 0 Å². The van der Waals surface area contributed by atoms with E-state index >= 15 is 0 Å². The first-order valence-electron chi connectivity index (χ1n) is 12.3. The lowest BCUT2D eigenvalue weighted by Crippen LogP contribution is -2.56. The van der Waals surface area contributed by atoms with Gasteiger partial charge in [-0.15, -0.1) is 11.3 Å². The lowest BCUT2D eigenvalue weighted by atomic mass is 9.93. The first kappa shape index (κ1) is 23.1. The van der Waals surface area contributed by atoms with Crippen molar-refractivity contribution in [1.29, 1.82) is 0 Å². The number of hydrogen-bond acceptors (Lipinski definition) is 5. The van der Waals surface area contributed by atoms with Gasteiger partial charge in [0.15, 0.2) is 5.01 Å². The second kappa shape index (κ2) is 9.26. The van der Waals surface area contributed by atoms with E-state index in [4.69, 9.17) is 0 Å². The van der Waals surface area contributed by atoms with E-state index in [1.807, 2.05) is 33.4 Å². The van der Waals surface area contributed by atoms with Crippen LogP contribution in [0.1, 0.15) is 45.8 Å². The van der Waals surface area contributed by atoms with Crippen LogP contribution >= 0.6 is 11.3 Å². The molecule has 2 aromatic carbocycles. The molecule has 0 radical (unpaired) electrons. The van der Waals surface area contributed by atoms with E-state index in [1.54, 1.807) is 6.20 Å². The average Bonchev–Trinajstić information content (AvgIpc) is 3.64. The molecule has 1 aromatic heterocycles. The van der Waals surface area contributed by atoms with Crippen molar-refractivity contribution in [3.8, 4) is 0 Å². The maximum absolute atomic E-state index is 13.4. The molecule has 3 aliphatic rings. The highest BCUT2D eigenvalue weighted by Gasteiger charge is 2.38. The average molecular weight is 503 g/mol. The predicted molar refractivity (Wildman–Crippen MR) is 139 cm³/mol. The molecule has 2 aliphatic heterocycles. The number of hydrogen-bond donors (Lipinski definition) is 0. The molecule has 1 aliphatic carbocycles. The van der Waals surface area contributed by atoms with Crippen molar-refractivity contribution < 1.29 is 14.0 Å². The second-order valence-corrected chi connectivity index (χ2v) is 10.6. The van der Waals surface area contributed by atoms with E-state index in [9.17, 15) is 14.0 Å². The van der Waals surface area contributed by atoms with E-state index < -0.39 is 0 Å². The van der Waals surface area contributed by atoms with Gasteiger partial charge in [0.2, 0.25) is 5.91 Å². The summed E-state index contributed by atoms with van der Waals surface area (Å²) in [4.78, 5) is 36.1. The van der Waals surface area contributed by atoms with Gasteiger partial charge in [-0.1, -0.05) is 30.4 Å². The highest BCUT2D eigenvalue weighted by molar-refractivity contribution is 7.11. The second-order valence-electron chi connectivity index (χ2n) is 9.74. The molecule has 2 fully saturated rings. The van der Waals surface area contributed by atoms with Crippen molar-refractivity contribution in [2.24, 2.45) is 0 Å². The minimum Gasteiger partial charge on any atom is -0.331 e. The minimum absolute atomic E-state index is 0.00795. The largest absolute Gasteiger partial charge is 0.331 e. The Morgan fingerprint density at radius 2 is 1.94 bits per heavy atom. The molecule has 2 amide bonds. The number of thiazole rings is 1. The SMILES string of the molecule is C[C@H]1CN(C2CC(=O)N(c3ccc4c(c3)C=CC4c3ccc(F)cc3)C2)CCN1C(=O)c1nccs1. The van der Waals surface area contributed by atoms with Crippen LogP contribution in [0.3, 0.4) is 0 Å². The summed E-state index contributed by atoms with van der Waals surface area (Å²) >= 11 is 1.37. The van der Waals surface area contributed by atoms with Crippen molar-refractivity contribution in [2.45, 2.75) is 31.3 Å². The molecule has 6 rings (SSSR count). The van der Waals surface area contributed by atoms with Gasteiger partial charge in [0.25, 0.3) is 5.91 Å². The quantitative estimate of drug-likeness (QED) is 0.531. The van der Waals surface area contributed by atoms with E-state index in [1.165, 1.54) is 29.0 Å². The number of benzene rings is 2. The number of aromatic nitrogens is 1. The van der Waals surface area contributed by atoms with Gasteiger partial charge in [0.1, 0.15) is 5.82 Å². The molecule has 0 N–H and O–H groups in total. The molecule has 184 valence electrons. The van der Waals surface area contributed by atoms with Crippen molar-refractivity contribution in [3.63, 3.8) is 0 Å². The number of anilines is 1. The standard InChI is InChI=1S/C28H27FN4O2S/c1-18-16-31(11-12-32(18)28(35)27-30-10-13-36-27)23-15-26(34)33(17-23)22-7-9-25-20(14-22)4-8-24(25)19-2-5-21(29)6-3-19/h2-10,13-14,18,23-24H,11-12,15-17H2,1H3/t18-,23?,24?/m0/s1. The number of halogens is 1. The summed E-state index contributed by atoms with van der Waals surface area (Å²) in [6, 6.07) is 13.0. The van der Waals surface area contributed by atoms with E-state index in [2.05, 4.69) is 41.1 Å². The van der Waals surface area contributed by atoms with Crippen molar-refractivity contribution >= 4 is 34.9 Å². The van der Waals surface area contributed by atoms with Crippen LogP contribution in [0.2, 0.25) is 0 Å². The monoisotopic (exact) mass is 502 g/mol. The molecule has 3 atom stereocenters. The molecule has 0 spiro atoms. The number of fused-ring (bicyclic) bond motifs is 1. The zero-order valence-electron chi connectivity index (χ0n) is 20.0. The van der Waals surface area contributed by atoms with Crippen molar-refractivity contribution in [3.05, 3.63) is 87.6 Å². The number of piperazine rings is 1. The molecule has 3 heterocycles. The maximum Gasteiger partial charge on any atom is 0.283 e. The number of allylic oxidation sites excluding steroid dienone is 1. The van der Waals surface area contributed by atoms with Gasteiger partial charge in [-0.3, -0.25) is 14.5 Å².